The minimum atomic E-state index is -3.52. The van der Waals surface area contributed by atoms with Crippen molar-refractivity contribution in [3.8, 4) is 0 Å². The maximum atomic E-state index is 12.4. The molecule has 19 heavy (non-hydrogen) atoms. The van der Waals surface area contributed by atoms with Crippen LogP contribution in [-0.2, 0) is 10.0 Å². The summed E-state index contributed by atoms with van der Waals surface area (Å²) in [6.07, 6.45) is 0.775. The zero-order valence-corrected chi connectivity index (χ0v) is 14.4. The van der Waals surface area contributed by atoms with Gasteiger partial charge in [0.15, 0.2) is 0 Å². The molecule has 0 radical (unpaired) electrons. The lowest BCUT2D eigenvalue weighted by Gasteiger charge is -2.19. The van der Waals surface area contributed by atoms with Crippen molar-refractivity contribution in [3.05, 3.63) is 27.7 Å². The molecule has 0 bridgehead atoms. The van der Waals surface area contributed by atoms with Crippen molar-refractivity contribution in [2.75, 3.05) is 34.2 Å². The number of nitrogens with zero attached hydrogens (tertiary/aromatic N) is 2. The Morgan fingerprint density at radius 2 is 1.84 bits per heavy atom. The van der Waals surface area contributed by atoms with Crippen molar-refractivity contribution in [1.29, 1.82) is 0 Å². The van der Waals surface area contributed by atoms with Crippen LogP contribution in [0.15, 0.2) is 27.6 Å². The summed E-state index contributed by atoms with van der Waals surface area (Å²) in [6.45, 7) is 1.31. The van der Waals surface area contributed by atoms with E-state index in [-0.39, 0.29) is 9.92 Å². The molecule has 0 N–H and O–H groups in total. The smallest absolute Gasteiger partial charge is 0.244 e. The SMILES string of the molecule is CN(C)CCCN(C)S(=O)(=O)c1ccc(Br)cc1Cl. The van der Waals surface area contributed by atoms with Gasteiger partial charge in [-0.2, -0.15) is 0 Å². The Morgan fingerprint density at radius 1 is 1.21 bits per heavy atom. The molecule has 4 nitrogen and oxygen atoms in total. The third kappa shape index (κ3) is 4.72. The van der Waals surface area contributed by atoms with Crippen LogP contribution < -0.4 is 0 Å². The van der Waals surface area contributed by atoms with Gasteiger partial charge in [-0.25, -0.2) is 12.7 Å². The van der Waals surface area contributed by atoms with Crippen LogP contribution in [0.2, 0.25) is 5.02 Å². The van der Waals surface area contributed by atoms with E-state index in [0.717, 1.165) is 17.4 Å². The number of hydrogen-bond donors (Lipinski definition) is 0. The van der Waals surface area contributed by atoms with Crippen LogP contribution in [0.4, 0.5) is 0 Å². The molecule has 0 unspecified atom stereocenters. The lowest BCUT2D eigenvalue weighted by Crippen LogP contribution is -2.30. The molecule has 0 amide bonds. The van der Waals surface area contributed by atoms with Gasteiger partial charge in [0.1, 0.15) is 4.90 Å². The van der Waals surface area contributed by atoms with Crippen molar-refractivity contribution in [2.45, 2.75) is 11.3 Å². The summed E-state index contributed by atoms with van der Waals surface area (Å²) in [4.78, 5) is 2.16. The van der Waals surface area contributed by atoms with Gasteiger partial charge in [-0.3, -0.25) is 0 Å². The molecule has 1 rings (SSSR count). The predicted molar refractivity (Wildman–Crippen MR) is 82.1 cm³/mol. The summed E-state index contributed by atoms with van der Waals surface area (Å²) in [5.74, 6) is 0. The van der Waals surface area contributed by atoms with Crippen LogP contribution in [0.3, 0.4) is 0 Å². The summed E-state index contributed by atoms with van der Waals surface area (Å²) < 4.78 is 26.8. The Labute approximate surface area is 128 Å². The number of hydrogen-bond acceptors (Lipinski definition) is 3. The summed E-state index contributed by atoms with van der Waals surface area (Å²) in [5.41, 5.74) is 0. The van der Waals surface area contributed by atoms with E-state index in [2.05, 4.69) is 15.9 Å². The second-order valence-electron chi connectivity index (χ2n) is 4.56. The molecule has 1 aromatic carbocycles. The molecule has 108 valence electrons. The van der Waals surface area contributed by atoms with Crippen LogP contribution >= 0.6 is 27.5 Å². The Balaban J connectivity index is 2.85. The molecule has 0 aliphatic rings. The third-order valence-corrected chi connectivity index (χ3v) is 5.49. The molecule has 0 aliphatic carbocycles. The Kier molecular flexibility index (Phi) is 6.26. The van der Waals surface area contributed by atoms with Gasteiger partial charge in [0.05, 0.1) is 5.02 Å². The van der Waals surface area contributed by atoms with Gasteiger partial charge in [-0.1, -0.05) is 27.5 Å². The van der Waals surface area contributed by atoms with Crippen molar-refractivity contribution < 1.29 is 8.42 Å². The monoisotopic (exact) mass is 368 g/mol. The highest BCUT2D eigenvalue weighted by Gasteiger charge is 2.23. The van der Waals surface area contributed by atoms with E-state index in [4.69, 9.17) is 11.6 Å². The first kappa shape index (κ1) is 16.9. The average Bonchev–Trinajstić information content (AvgIpc) is 2.27. The van der Waals surface area contributed by atoms with Crippen LogP contribution in [0.25, 0.3) is 0 Å². The minimum absolute atomic E-state index is 0.143. The molecule has 0 aromatic heterocycles. The first-order chi connectivity index (χ1) is 8.75. The molecule has 0 aliphatic heterocycles. The van der Waals surface area contributed by atoms with Gasteiger partial charge in [-0.15, -0.1) is 0 Å². The van der Waals surface area contributed by atoms with Gasteiger partial charge in [0.2, 0.25) is 10.0 Å². The normalized spacial score (nSPS) is 12.4. The fourth-order valence-corrected chi connectivity index (χ4v) is 3.80. The highest BCUT2D eigenvalue weighted by atomic mass is 79.9. The maximum Gasteiger partial charge on any atom is 0.244 e. The largest absolute Gasteiger partial charge is 0.309 e. The summed E-state index contributed by atoms with van der Waals surface area (Å²) in [6, 6.07) is 4.78. The van der Waals surface area contributed by atoms with E-state index in [1.165, 1.54) is 10.4 Å². The second-order valence-corrected chi connectivity index (χ2v) is 7.89. The molecule has 7 heteroatoms. The summed E-state index contributed by atoms with van der Waals surface area (Å²) in [5, 5.41) is 0.230. The Morgan fingerprint density at radius 3 is 2.37 bits per heavy atom. The van der Waals surface area contributed by atoms with Crippen molar-refractivity contribution in [3.63, 3.8) is 0 Å². The topological polar surface area (TPSA) is 40.6 Å². The molecular formula is C12H18BrClN2O2S. The zero-order valence-electron chi connectivity index (χ0n) is 11.2. The van der Waals surface area contributed by atoms with E-state index >= 15 is 0 Å². The van der Waals surface area contributed by atoms with E-state index in [1.807, 2.05) is 19.0 Å². The number of halogens is 2. The molecule has 0 fully saturated rings. The highest BCUT2D eigenvalue weighted by Crippen LogP contribution is 2.27. The third-order valence-electron chi connectivity index (χ3n) is 2.66. The second kappa shape index (κ2) is 7.04. The van der Waals surface area contributed by atoms with Gasteiger partial charge >= 0.3 is 0 Å². The van der Waals surface area contributed by atoms with E-state index in [1.54, 1.807) is 19.2 Å². The lowest BCUT2D eigenvalue weighted by molar-refractivity contribution is 0.370. The molecule has 0 spiro atoms. The molecule has 0 saturated carbocycles. The number of benzene rings is 1. The van der Waals surface area contributed by atoms with E-state index in [0.29, 0.717) is 6.54 Å². The summed E-state index contributed by atoms with van der Waals surface area (Å²) >= 11 is 9.26. The molecule has 0 atom stereocenters. The van der Waals surface area contributed by atoms with Crippen LogP contribution in [-0.4, -0.2) is 51.9 Å². The lowest BCUT2D eigenvalue weighted by atomic mass is 10.4. The van der Waals surface area contributed by atoms with Gasteiger partial charge in [0.25, 0.3) is 0 Å². The quantitative estimate of drug-likeness (QED) is 0.774. The standard InChI is InChI=1S/C12H18BrClN2O2S/c1-15(2)7-4-8-16(3)19(17,18)12-6-5-10(13)9-11(12)14/h5-6,9H,4,7-8H2,1-3H3. The number of sulfonamides is 1. The first-order valence-corrected chi connectivity index (χ1v) is 8.42. The molecule has 0 saturated heterocycles. The Hall–Kier alpha value is -0.140. The highest BCUT2D eigenvalue weighted by molar-refractivity contribution is 9.10. The van der Waals surface area contributed by atoms with E-state index < -0.39 is 10.0 Å². The maximum absolute atomic E-state index is 12.4. The average molecular weight is 370 g/mol. The van der Waals surface area contributed by atoms with Crippen LogP contribution in [0.1, 0.15) is 6.42 Å². The fraction of sp³-hybridized carbons (Fsp3) is 0.500. The minimum Gasteiger partial charge on any atom is -0.309 e. The summed E-state index contributed by atoms with van der Waals surface area (Å²) in [7, 11) is 1.97. The molecule has 1 aromatic rings. The molecule has 0 heterocycles. The predicted octanol–water partition coefficient (Wildman–Crippen LogP) is 2.67. The zero-order chi connectivity index (χ0) is 14.6. The van der Waals surface area contributed by atoms with Crippen molar-refractivity contribution in [2.24, 2.45) is 0 Å². The van der Waals surface area contributed by atoms with Gasteiger partial charge in [0, 0.05) is 18.1 Å². The van der Waals surface area contributed by atoms with Crippen LogP contribution in [0.5, 0.6) is 0 Å². The molecular weight excluding hydrogens is 352 g/mol. The van der Waals surface area contributed by atoms with E-state index in [9.17, 15) is 8.42 Å². The van der Waals surface area contributed by atoms with Crippen LogP contribution in [0, 0.1) is 0 Å². The first-order valence-electron chi connectivity index (χ1n) is 5.81. The fourth-order valence-electron chi connectivity index (χ4n) is 1.58. The van der Waals surface area contributed by atoms with Crippen molar-refractivity contribution >= 4 is 37.6 Å². The Bertz CT molecular complexity index is 535. The van der Waals surface area contributed by atoms with Gasteiger partial charge in [-0.05, 0) is 45.3 Å². The van der Waals surface area contributed by atoms with Gasteiger partial charge < -0.3 is 4.90 Å². The number of rotatable bonds is 6. The van der Waals surface area contributed by atoms with Crippen molar-refractivity contribution in [1.82, 2.24) is 9.21 Å².